The highest BCUT2D eigenvalue weighted by molar-refractivity contribution is 7.91. The molecule has 1 heterocycles. The fourth-order valence-electron chi connectivity index (χ4n) is 2.47. The Morgan fingerprint density at radius 1 is 1.41 bits per heavy atom. The molecular weight excluding hydrogens is 236 g/mol. The summed E-state index contributed by atoms with van der Waals surface area (Å²) in [5, 5.41) is 0. The second kappa shape index (κ2) is 3.99. The Hall–Kier alpha value is -1.07. The molecule has 0 aromatic heterocycles. The van der Waals surface area contributed by atoms with E-state index >= 15 is 0 Å². The molecule has 0 amide bonds. The van der Waals surface area contributed by atoms with Crippen LogP contribution in [0.25, 0.3) is 0 Å². The Morgan fingerprint density at radius 3 is 2.65 bits per heavy atom. The SMILES string of the molecule is Cc1cc(C)c2c(c1)N(C)C(CN)CS2(=O)=O. The van der Waals surface area contributed by atoms with E-state index in [4.69, 9.17) is 5.73 Å². The molecule has 1 aliphatic heterocycles. The molecule has 0 aliphatic carbocycles. The van der Waals surface area contributed by atoms with Crippen LogP contribution in [-0.2, 0) is 9.84 Å². The number of hydrogen-bond acceptors (Lipinski definition) is 4. The smallest absolute Gasteiger partial charge is 0.182 e. The lowest BCUT2D eigenvalue weighted by Crippen LogP contribution is -2.47. The zero-order chi connectivity index (χ0) is 12.8. The highest BCUT2D eigenvalue weighted by Gasteiger charge is 2.34. The molecule has 2 rings (SSSR count). The van der Waals surface area contributed by atoms with Crippen LogP contribution >= 0.6 is 0 Å². The molecule has 5 heteroatoms. The number of sulfone groups is 1. The summed E-state index contributed by atoms with van der Waals surface area (Å²) in [6.07, 6.45) is 0. The van der Waals surface area contributed by atoms with Crippen LogP contribution in [0.1, 0.15) is 11.1 Å². The minimum absolute atomic E-state index is 0.108. The van der Waals surface area contributed by atoms with Crippen LogP contribution in [0, 0.1) is 13.8 Å². The highest BCUT2D eigenvalue weighted by Crippen LogP contribution is 2.35. The number of fused-ring (bicyclic) bond motifs is 1. The maximum atomic E-state index is 12.2. The summed E-state index contributed by atoms with van der Waals surface area (Å²) in [5.74, 6) is 0.108. The third kappa shape index (κ3) is 1.93. The van der Waals surface area contributed by atoms with E-state index < -0.39 is 9.84 Å². The molecule has 1 aromatic carbocycles. The van der Waals surface area contributed by atoms with Gasteiger partial charge in [0.25, 0.3) is 0 Å². The van der Waals surface area contributed by atoms with E-state index in [0.29, 0.717) is 11.4 Å². The molecule has 0 spiro atoms. The molecule has 0 fully saturated rings. The van der Waals surface area contributed by atoms with E-state index in [1.807, 2.05) is 37.9 Å². The van der Waals surface area contributed by atoms with Gasteiger partial charge in [-0.05, 0) is 31.0 Å². The Balaban J connectivity index is 2.72. The number of hydrogen-bond donors (Lipinski definition) is 1. The first kappa shape index (κ1) is 12.4. The van der Waals surface area contributed by atoms with Gasteiger partial charge in [0.1, 0.15) is 0 Å². The number of anilines is 1. The average molecular weight is 254 g/mol. The van der Waals surface area contributed by atoms with E-state index in [0.717, 1.165) is 16.8 Å². The molecule has 0 saturated heterocycles. The van der Waals surface area contributed by atoms with Gasteiger partial charge in [-0.2, -0.15) is 0 Å². The lowest BCUT2D eigenvalue weighted by Gasteiger charge is -2.35. The fraction of sp³-hybridized carbons (Fsp3) is 0.500. The van der Waals surface area contributed by atoms with E-state index in [1.165, 1.54) is 0 Å². The summed E-state index contributed by atoms with van der Waals surface area (Å²) < 4.78 is 24.5. The number of likely N-dealkylation sites (N-methyl/N-ethyl adjacent to an activating group) is 1. The number of aryl methyl sites for hydroxylation is 2. The molecule has 0 bridgehead atoms. The highest BCUT2D eigenvalue weighted by atomic mass is 32.2. The van der Waals surface area contributed by atoms with Crippen molar-refractivity contribution in [3.05, 3.63) is 23.3 Å². The molecule has 4 nitrogen and oxygen atoms in total. The van der Waals surface area contributed by atoms with Gasteiger partial charge in [0.05, 0.1) is 22.4 Å². The van der Waals surface area contributed by atoms with Gasteiger partial charge in [-0.3, -0.25) is 0 Å². The topological polar surface area (TPSA) is 63.4 Å². The summed E-state index contributed by atoms with van der Waals surface area (Å²) in [4.78, 5) is 2.45. The Morgan fingerprint density at radius 2 is 2.06 bits per heavy atom. The van der Waals surface area contributed by atoms with Crippen molar-refractivity contribution in [2.45, 2.75) is 24.8 Å². The number of benzene rings is 1. The summed E-state index contributed by atoms with van der Waals surface area (Å²) in [6, 6.07) is 3.70. The van der Waals surface area contributed by atoms with Crippen LogP contribution in [0.3, 0.4) is 0 Å². The molecule has 1 unspecified atom stereocenters. The number of nitrogens with zero attached hydrogens (tertiary/aromatic N) is 1. The minimum Gasteiger partial charge on any atom is -0.368 e. The van der Waals surface area contributed by atoms with Gasteiger partial charge in [-0.25, -0.2) is 8.42 Å². The van der Waals surface area contributed by atoms with Crippen LogP contribution in [0.15, 0.2) is 17.0 Å². The third-order valence-electron chi connectivity index (χ3n) is 3.32. The van der Waals surface area contributed by atoms with Crippen LogP contribution in [0.5, 0.6) is 0 Å². The van der Waals surface area contributed by atoms with Gasteiger partial charge >= 0.3 is 0 Å². The van der Waals surface area contributed by atoms with Crippen molar-refractivity contribution in [2.75, 3.05) is 24.2 Å². The van der Waals surface area contributed by atoms with Crippen molar-refractivity contribution in [2.24, 2.45) is 5.73 Å². The van der Waals surface area contributed by atoms with Crippen molar-refractivity contribution in [3.63, 3.8) is 0 Å². The zero-order valence-electron chi connectivity index (χ0n) is 10.4. The first-order valence-electron chi connectivity index (χ1n) is 5.63. The molecule has 1 atom stereocenters. The average Bonchev–Trinajstić information content (AvgIpc) is 2.21. The summed E-state index contributed by atoms with van der Waals surface area (Å²) in [7, 11) is -1.30. The maximum absolute atomic E-state index is 12.2. The normalized spacial score (nSPS) is 22.4. The third-order valence-corrected chi connectivity index (χ3v) is 5.30. The van der Waals surface area contributed by atoms with Gasteiger partial charge in [0, 0.05) is 13.6 Å². The van der Waals surface area contributed by atoms with Gasteiger partial charge in [0.2, 0.25) is 0 Å². The van der Waals surface area contributed by atoms with Crippen molar-refractivity contribution in [3.8, 4) is 0 Å². The second-order valence-electron chi connectivity index (χ2n) is 4.71. The van der Waals surface area contributed by atoms with E-state index in [9.17, 15) is 8.42 Å². The Kier molecular flexibility index (Phi) is 2.91. The number of rotatable bonds is 1. The van der Waals surface area contributed by atoms with Crippen LogP contribution in [0.4, 0.5) is 5.69 Å². The van der Waals surface area contributed by atoms with Crippen molar-refractivity contribution in [1.29, 1.82) is 0 Å². The molecular formula is C12H18N2O2S. The number of nitrogens with two attached hydrogens (primary N) is 1. The second-order valence-corrected chi connectivity index (χ2v) is 6.68. The molecule has 0 saturated carbocycles. The Bertz CT molecular complexity index is 552. The summed E-state index contributed by atoms with van der Waals surface area (Å²) in [6.45, 7) is 4.17. The molecule has 94 valence electrons. The van der Waals surface area contributed by atoms with Crippen LogP contribution < -0.4 is 10.6 Å². The molecule has 1 aliphatic rings. The largest absolute Gasteiger partial charge is 0.368 e. The van der Waals surface area contributed by atoms with Crippen LogP contribution in [-0.4, -0.2) is 33.8 Å². The minimum atomic E-state index is -3.21. The molecule has 2 N–H and O–H groups in total. The van der Waals surface area contributed by atoms with E-state index in [-0.39, 0.29) is 11.8 Å². The quantitative estimate of drug-likeness (QED) is 0.807. The summed E-state index contributed by atoms with van der Waals surface area (Å²) in [5.41, 5.74) is 8.32. The fourth-order valence-corrected chi connectivity index (χ4v) is 4.57. The predicted octanol–water partition coefficient (Wildman–Crippen LogP) is 0.854. The Labute approximate surface area is 102 Å². The van der Waals surface area contributed by atoms with Crippen molar-refractivity contribution < 1.29 is 8.42 Å². The monoisotopic (exact) mass is 254 g/mol. The van der Waals surface area contributed by atoms with Crippen molar-refractivity contribution in [1.82, 2.24) is 0 Å². The van der Waals surface area contributed by atoms with Crippen molar-refractivity contribution >= 4 is 15.5 Å². The maximum Gasteiger partial charge on any atom is 0.182 e. The van der Waals surface area contributed by atoms with Gasteiger partial charge in [0.15, 0.2) is 9.84 Å². The van der Waals surface area contributed by atoms with Crippen LogP contribution in [0.2, 0.25) is 0 Å². The standard InChI is InChI=1S/C12H18N2O2S/c1-8-4-9(2)12-11(5-8)14(3)10(6-13)7-17(12,15)16/h4-5,10H,6-7,13H2,1-3H3. The van der Waals surface area contributed by atoms with Gasteiger partial charge in [-0.1, -0.05) is 6.07 Å². The van der Waals surface area contributed by atoms with E-state index in [1.54, 1.807) is 0 Å². The first-order valence-corrected chi connectivity index (χ1v) is 7.29. The molecule has 1 aromatic rings. The lowest BCUT2D eigenvalue weighted by molar-refractivity contribution is 0.572. The van der Waals surface area contributed by atoms with Gasteiger partial charge < -0.3 is 10.6 Å². The lowest BCUT2D eigenvalue weighted by atomic mass is 10.1. The van der Waals surface area contributed by atoms with E-state index in [2.05, 4.69) is 0 Å². The molecule has 17 heavy (non-hydrogen) atoms. The first-order chi connectivity index (χ1) is 7.86. The van der Waals surface area contributed by atoms with Gasteiger partial charge in [-0.15, -0.1) is 0 Å². The predicted molar refractivity (Wildman–Crippen MR) is 69.2 cm³/mol. The zero-order valence-corrected chi connectivity index (χ0v) is 11.2. The molecule has 0 radical (unpaired) electrons. The summed E-state index contributed by atoms with van der Waals surface area (Å²) >= 11 is 0.